The van der Waals surface area contributed by atoms with Gasteiger partial charge in [-0.2, -0.15) is 0 Å². The molecule has 0 atom stereocenters. The average molecular weight is 487 g/mol. The normalized spacial score (nSPS) is 10.9. The molecular weight excluding hydrogens is 456 g/mol. The summed E-state index contributed by atoms with van der Waals surface area (Å²) in [6.07, 6.45) is 1.98. The van der Waals surface area contributed by atoms with Crippen molar-refractivity contribution in [1.82, 2.24) is 20.5 Å². The van der Waals surface area contributed by atoms with E-state index in [0.717, 1.165) is 12.8 Å². The summed E-state index contributed by atoms with van der Waals surface area (Å²) in [7, 11) is 4.55. The molecule has 35 heavy (non-hydrogen) atoms. The first-order valence-electron chi connectivity index (χ1n) is 11.2. The number of carbonyl (C=O) groups is 1. The molecule has 0 spiro atoms. The highest BCUT2D eigenvalue weighted by molar-refractivity contribution is 5.87. The summed E-state index contributed by atoms with van der Waals surface area (Å²) in [5, 5.41) is 21.8. The van der Waals surface area contributed by atoms with E-state index in [0.29, 0.717) is 47.9 Å². The minimum absolute atomic E-state index is 0.000184. The maximum absolute atomic E-state index is 13.0. The zero-order valence-corrected chi connectivity index (χ0v) is 20.3. The van der Waals surface area contributed by atoms with Gasteiger partial charge in [-0.15, -0.1) is 10.2 Å². The lowest BCUT2D eigenvalue weighted by Gasteiger charge is -2.18. The van der Waals surface area contributed by atoms with Crippen LogP contribution >= 0.6 is 0 Å². The fourth-order valence-corrected chi connectivity index (χ4v) is 3.66. The molecule has 1 amide bonds. The van der Waals surface area contributed by atoms with Crippen LogP contribution in [0.25, 0.3) is 22.6 Å². The highest BCUT2D eigenvalue weighted by atomic mass is 16.5. The Labute approximate surface area is 202 Å². The second-order valence-corrected chi connectivity index (χ2v) is 7.69. The van der Waals surface area contributed by atoms with E-state index in [4.69, 9.17) is 18.6 Å². The Morgan fingerprint density at radius 1 is 1.11 bits per heavy atom. The van der Waals surface area contributed by atoms with E-state index in [1.807, 2.05) is 6.92 Å². The van der Waals surface area contributed by atoms with E-state index in [-0.39, 0.29) is 35.4 Å². The number of hydrogen-bond donors (Lipinski definition) is 3. The number of unbranched alkanes of at least 4 members (excludes halogenated alkanes) is 1. The predicted octanol–water partition coefficient (Wildman–Crippen LogP) is 2.46. The molecule has 0 unspecified atom stereocenters. The number of aromatic hydroxyl groups is 1. The van der Waals surface area contributed by atoms with Crippen molar-refractivity contribution in [2.45, 2.75) is 32.6 Å². The molecule has 0 radical (unpaired) electrons. The van der Waals surface area contributed by atoms with Crippen LogP contribution in [0.5, 0.6) is 17.2 Å². The first-order chi connectivity index (χ1) is 16.9. The number of H-pyrrole nitrogens is 1. The fourth-order valence-electron chi connectivity index (χ4n) is 3.66. The molecule has 0 bridgehead atoms. The first-order valence-corrected chi connectivity index (χ1v) is 11.2. The van der Waals surface area contributed by atoms with Crippen molar-refractivity contribution in [3.8, 4) is 39.8 Å². The Kier molecular flexibility index (Phi) is 8.85. The number of amides is 1. The van der Waals surface area contributed by atoms with E-state index in [2.05, 4.69) is 20.5 Å². The Morgan fingerprint density at radius 2 is 1.83 bits per heavy atom. The maximum atomic E-state index is 13.0. The van der Waals surface area contributed by atoms with Crippen LogP contribution in [-0.2, 0) is 22.4 Å². The number of carbonyl (C=O) groups excluding carboxylic acids is 1. The van der Waals surface area contributed by atoms with Gasteiger partial charge in [-0.1, -0.05) is 19.4 Å². The second kappa shape index (κ2) is 12.0. The molecule has 11 heteroatoms. The third-order valence-corrected chi connectivity index (χ3v) is 5.35. The molecule has 188 valence electrons. The van der Waals surface area contributed by atoms with Crippen LogP contribution in [0.3, 0.4) is 0 Å². The number of benzene rings is 1. The SMILES string of the molecule is CCCCc1[nH]c(=O)c(-c2nnc(CC(=O)NCCOC)o2)c(O)c1-c1c(OC)cccc1OC. The maximum Gasteiger partial charge on any atom is 0.264 e. The van der Waals surface area contributed by atoms with Crippen molar-refractivity contribution in [1.29, 1.82) is 0 Å². The smallest absolute Gasteiger partial charge is 0.264 e. The number of aromatic nitrogens is 3. The van der Waals surface area contributed by atoms with Crippen molar-refractivity contribution < 1.29 is 28.5 Å². The van der Waals surface area contributed by atoms with Crippen LogP contribution in [0.1, 0.15) is 31.4 Å². The topological polar surface area (TPSA) is 149 Å². The Morgan fingerprint density at radius 3 is 2.46 bits per heavy atom. The number of nitrogens with zero attached hydrogens (tertiary/aromatic N) is 2. The molecule has 0 saturated heterocycles. The minimum atomic E-state index is -0.592. The summed E-state index contributed by atoms with van der Waals surface area (Å²) in [4.78, 5) is 27.9. The lowest BCUT2D eigenvalue weighted by Crippen LogP contribution is -2.28. The van der Waals surface area contributed by atoms with Crippen LogP contribution < -0.4 is 20.3 Å². The lowest BCUT2D eigenvalue weighted by molar-refractivity contribution is -0.120. The van der Waals surface area contributed by atoms with Gasteiger partial charge in [-0.3, -0.25) is 9.59 Å². The van der Waals surface area contributed by atoms with E-state index < -0.39 is 5.56 Å². The molecule has 11 nitrogen and oxygen atoms in total. The molecule has 3 aromatic rings. The summed E-state index contributed by atoms with van der Waals surface area (Å²) >= 11 is 0. The first kappa shape index (κ1) is 25.8. The number of nitrogens with one attached hydrogen (secondary N) is 2. The van der Waals surface area contributed by atoms with Gasteiger partial charge in [0.15, 0.2) is 0 Å². The van der Waals surface area contributed by atoms with Gasteiger partial charge in [0.25, 0.3) is 11.4 Å². The monoisotopic (exact) mass is 486 g/mol. The quantitative estimate of drug-likeness (QED) is 0.328. The van der Waals surface area contributed by atoms with Gasteiger partial charge in [-0.25, -0.2) is 0 Å². The molecule has 2 aromatic heterocycles. The predicted molar refractivity (Wildman–Crippen MR) is 128 cm³/mol. The minimum Gasteiger partial charge on any atom is -0.506 e. The molecule has 1 aromatic carbocycles. The molecule has 2 heterocycles. The summed E-state index contributed by atoms with van der Waals surface area (Å²) in [6.45, 7) is 2.73. The van der Waals surface area contributed by atoms with Crippen molar-refractivity contribution in [2.24, 2.45) is 0 Å². The third kappa shape index (κ3) is 5.80. The van der Waals surface area contributed by atoms with E-state index >= 15 is 0 Å². The van der Waals surface area contributed by atoms with Crippen LogP contribution in [0.2, 0.25) is 0 Å². The molecule has 0 aliphatic heterocycles. The summed E-state index contributed by atoms with van der Waals surface area (Å²) < 4.78 is 21.5. The van der Waals surface area contributed by atoms with Crippen LogP contribution in [0, 0.1) is 0 Å². The summed E-state index contributed by atoms with van der Waals surface area (Å²) in [5.41, 5.74) is 0.561. The van der Waals surface area contributed by atoms with Gasteiger partial charge in [-0.05, 0) is 25.0 Å². The van der Waals surface area contributed by atoms with E-state index in [1.165, 1.54) is 21.3 Å². The Bertz CT molecular complexity index is 1200. The number of pyridine rings is 1. The summed E-state index contributed by atoms with van der Waals surface area (Å²) in [5.74, 6) is 0.0108. The molecule has 3 rings (SSSR count). The van der Waals surface area contributed by atoms with Crippen molar-refractivity contribution >= 4 is 5.91 Å². The fraction of sp³-hybridized carbons (Fsp3) is 0.417. The highest BCUT2D eigenvalue weighted by Gasteiger charge is 2.27. The van der Waals surface area contributed by atoms with Gasteiger partial charge < -0.3 is 34.0 Å². The van der Waals surface area contributed by atoms with Gasteiger partial charge >= 0.3 is 0 Å². The zero-order chi connectivity index (χ0) is 25.4. The largest absolute Gasteiger partial charge is 0.506 e. The Balaban J connectivity index is 2.10. The average Bonchev–Trinajstić information content (AvgIpc) is 3.30. The highest BCUT2D eigenvalue weighted by Crippen LogP contribution is 2.46. The lowest BCUT2D eigenvalue weighted by atomic mass is 9.96. The van der Waals surface area contributed by atoms with Gasteiger partial charge in [0.05, 0.1) is 32.0 Å². The summed E-state index contributed by atoms with van der Waals surface area (Å²) in [6, 6.07) is 5.23. The van der Waals surface area contributed by atoms with E-state index in [1.54, 1.807) is 18.2 Å². The van der Waals surface area contributed by atoms with Gasteiger partial charge in [0, 0.05) is 19.3 Å². The molecular formula is C24H30N4O7. The number of rotatable bonds is 12. The van der Waals surface area contributed by atoms with Gasteiger partial charge in [0.2, 0.25) is 11.8 Å². The number of hydrogen-bond acceptors (Lipinski definition) is 9. The number of methoxy groups -OCH3 is 3. The molecule has 0 fully saturated rings. The molecule has 0 aliphatic rings. The standard InChI is InChI=1S/C24H30N4O7/c1-5-6-8-14-19(20-15(33-3)9-7-10-16(20)34-4)22(30)21(23(31)26-14)24-28-27-18(35-24)13-17(29)25-11-12-32-2/h7,9-10H,5-6,8,11-13H2,1-4H3,(H,25,29)(H2,26,30,31). The molecule has 0 aliphatic carbocycles. The molecule has 3 N–H and O–H groups in total. The Hall–Kier alpha value is -3.86. The van der Waals surface area contributed by atoms with Crippen LogP contribution in [0.4, 0.5) is 0 Å². The van der Waals surface area contributed by atoms with Crippen LogP contribution in [0.15, 0.2) is 27.4 Å². The third-order valence-electron chi connectivity index (χ3n) is 5.35. The number of ether oxygens (including phenoxy) is 3. The van der Waals surface area contributed by atoms with Crippen molar-refractivity contribution in [2.75, 3.05) is 34.5 Å². The van der Waals surface area contributed by atoms with E-state index in [9.17, 15) is 14.7 Å². The molecule has 0 saturated carbocycles. The van der Waals surface area contributed by atoms with Crippen molar-refractivity contribution in [3.63, 3.8) is 0 Å². The van der Waals surface area contributed by atoms with Gasteiger partial charge in [0.1, 0.15) is 29.2 Å². The van der Waals surface area contributed by atoms with Crippen LogP contribution in [-0.4, -0.2) is 60.7 Å². The van der Waals surface area contributed by atoms with Crippen molar-refractivity contribution in [3.05, 3.63) is 40.1 Å². The number of aromatic amines is 1. The zero-order valence-electron chi connectivity index (χ0n) is 20.3. The second-order valence-electron chi connectivity index (χ2n) is 7.69. The number of aryl methyl sites for hydroxylation is 1.